The molecule has 0 aromatic heterocycles. The first-order valence-corrected chi connectivity index (χ1v) is 18.7. The van der Waals surface area contributed by atoms with Gasteiger partial charge in [-0.15, -0.1) is 0 Å². The number of hydrogen-bond acceptors (Lipinski definition) is 5. The fourth-order valence-electron chi connectivity index (χ4n) is 6.51. The van der Waals surface area contributed by atoms with E-state index in [-0.39, 0.29) is 54.5 Å². The van der Waals surface area contributed by atoms with Crippen LogP contribution in [0.2, 0.25) is 20.1 Å². The third-order valence-corrected chi connectivity index (χ3v) is 13.6. The standard InChI is InChI=1S/C35H44Cl4NO4P/c1-18(2)40(19(3)4)45(43-32-28(38)26(36)27(37)29(39)33(32)44-45)41-30-22(13-20(5)15-24(30)34(7,8)9)17-23-14-21(6)16-25(31(23)42-45)35(10,11)12/h13-16,18-19H,17H2,1-12H3. The average Bonchev–Trinajstić information content (AvgIpc) is 3.23. The number of nitrogens with zero attached hydrogens (tertiary/aromatic N) is 1. The Kier molecular flexibility index (Phi) is 8.68. The zero-order chi connectivity index (χ0) is 33.6. The van der Waals surface area contributed by atoms with Crippen molar-refractivity contribution in [1.29, 1.82) is 0 Å². The summed E-state index contributed by atoms with van der Waals surface area (Å²) in [6, 6.07) is 8.32. The first-order valence-electron chi connectivity index (χ1n) is 15.3. The van der Waals surface area contributed by atoms with Gasteiger partial charge >= 0.3 is 290 Å². The number of hydrogen-bond donors (Lipinski definition) is 0. The van der Waals surface area contributed by atoms with Gasteiger partial charge in [0, 0.05) is 0 Å². The van der Waals surface area contributed by atoms with Crippen LogP contribution < -0.4 is 18.1 Å². The van der Waals surface area contributed by atoms with Crippen molar-refractivity contribution in [3.8, 4) is 23.0 Å². The molecule has 0 saturated heterocycles. The molecular weight excluding hydrogens is 671 g/mol. The summed E-state index contributed by atoms with van der Waals surface area (Å²) < 4.78 is 31.3. The van der Waals surface area contributed by atoms with Crippen molar-refractivity contribution in [1.82, 2.24) is 4.67 Å². The van der Waals surface area contributed by atoms with Crippen LogP contribution >= 0.6 is 54.1 Å². The van der Waals surface area contributed by atoms with Crippen molar-refractivity contribution in [2.24, 2.45) is 0 Å². The maximum atomic E-state index is 7.48. The second-order valence-electron chi connectivity index (χ2n) is 14.9. The van der Waals surface area contributed by atoms with E-state index < -0.39 is 7.66 Å². The quantitative estimate of drug-likeness (QED) is 0.153. The van der Waals surface area contributed by atoms with Gasteiger partial charge in [-0.05, 0) is 0 Å². The van der Waals surface area contributed by atoms with Crippen molar-refractivity contribution in [2.45, 2.75) is 112 Å². The molecule has 3 aromatic carbocycles. The summed E-state index contributed by atoms with van der Waals surface area (Å²) in [4.78, 5) is 0. The molecule has 0 aliphatic carbocycles. The molecule has 2 heterocycles. The summed E-state index contributed by atoms with van der Waals surface area (Å²) in [6.07, 6.45) is 0.585. The molecule has 1 spiro atoms. The van der Waals surface area contributed by atoms with Crippen molar-refractivity contribution in [2.75, 3.05) is 0 Å². The summed E-state index contributed by atoms with van der Waals surface area (Å²) >= 11 is 27.0. The molecule has 246 valence electrons. The van der Waals surface area contributed by atoms with Gasteiger partial charge < -0.3 is 0 Å². The monoisotopic (exact) mass is 713 g/mol. The van der Waals surface area contributed by atoms with Crippen LogP contribution in [0.15, 0.2) is 24.3 Å². The van der Waals surface area contributed by atoms with Gasteiger partial charge in [0.2, 0.25) is 0 Å². The van der Waals surface area contributed by atoms with Gasteiger partial charge in [-0.1, -0.05) is 0 Å². The summed E-state index contributed by atoms with van der Waals surface area (Å²) in [6.45, 7) is 25.5. The molecule has 5 nitrogen and oxygen atoms in total. The second kappa shape index (κ2) is 11.2. The third kappa shape index (κ3) is 5.68. The molecule has 0 unspecified atom stereocenters. The Morgan fingerprint density at radius 1 is 0.578 bits per heavy atom. The fourth-order valence-corrected chi connectivity index (χ4v) is 11.6. The number of halogens is 4. The van der Waals surface area contributed by atoms with E-state index >= 15 is 0 Å². The molecule has 45 heavy (non-hydrogen) atoms. The van der Waals surface area contributed by atoms with Crippen LogP contribution in [0.4, 0.5) is 0 Å². The van der Waals surface area contributed by atoms with Crippen LogP contribution in [0.5, 0.6) is 23.0 Å². The van der Waals surface area contributed by atoms with E-state index in [0.717, 1.165) is 33.4 Å². The zero-order valence-corrected chi connectivity index (χ0v) is 32.1. The van der Waals surface area contributed by atoms with Gasteiger partial charge in [0.15, 0.2) is 0 Å². The topological polar surface area (TPSA) is 40.2 Å². The molecule has 0 saturated carbocycles. The Hall–Kier alpha value is -1.59. The SMILES string of the molecule is Cc1cc2c(c(C(C)(C)C)c1)OP1(N(C(C)C)C(C)C)(Oc3c(cc(C)cc3C(C)(C)C)C2)Oc2c(Cl)c(Cl)c(Cl)c(Cl)c2O1. The summed E-state index contributed by atoms with van der Waals surface area (Å²) in [5, 5.41) is 0.277. The van der Waals surface area contributed by atoms with Crippen molar-refractivity contribution >= 4 is 54.1 Å². The zero-order valence-electron chi connectivity index (χ0n) is 28.2. The normalized spacial score (nSPS) is 17.7. The Labute approximate surface area is 288 Å². The molecule has 0 atom stereocenters. The van der Waals surface area contributed by atoms with E-state index in [4.69, 9.17) is 64.5 Å². The molecule has 0 amide bonds. The maximum absolute atomic E-state index is 7.48. The van der Waals surface area contributed by atoms with Gasteiger partial charge in [0.1, 0.15) is 0 Å². The van der Waals surface area contributed by atoms with Gasteiger partial charge in [-0.25, -0.2) is 0 Å². The van der Waals surface area contributed by atoms with Gasteiger partial charge in [0.25, 0.3) is 0 Å². The number of fused-ring (bicyclic) bond motifs is 3. The number of aryl methyl sites for hydroxylation is 2. The van der Waals surface area contributed by atoms with E-state index in [1.165, 1.54) is 0 Å². The molecular formula is C35H44Cl4NO4P. The predicted octanol–water partition coefficient (Wildman–Crippen LogP) is 12.6. The molecule has 0 bridgehead atoms. The van der Waals surface area contributed by atoms with Gasteiger partial charge in [-0.2, -0.15) is 0 Å². The van der Waals surface area contributed by atoms with Crippen LogP contribution in [-0.4, -0.2) is 16.8 Å². The van der Waals surface area contributed by atoms with Crippen LogP contribution in [0, 0.1) is 13.8 Å². The molecule has 3 aromatic rings. The third-order valence-electron chi connectivity index (χ3n) is 8.21. The van der Waals surface area contributed by atoms with E-state index in [1.807, 2.05) is 0 Å². The molecule has 2 aliphatic heterocycles. The summed E-state index contributed by atoms with van der Waals surface area (Å²) in [7, 11) is -5.07. The van der Waals surface area contributed by atoms with Crippen molar-refractivity contribution in [3.63, 3.8) is 0 Å². The number of rotatable bonds is 3. The minimum absolute atomic E-state index is 0.0646. The predicted molar refractivity (Wildman–Crippen MR) is 191 cm³/mol. The molecule has 0 radical (unpaired) electrons. The van der Waals surface area contributed by atoms with Crippen LogP contribution in [0.1, 0.15) is 103 Å². The fraction of sp³-hybridized carbons (Fsp3) is 0.486. The van der Waals surface area contributed by atoms with Crippen LogP contribution in [0.25, 0.3) is 0 Å². The van der Waals surface area contributed by atoms with Gasteiger partial charge in [-0.3, -0.25) is 0 Å². The van der Waals surface area contributed by atoms with E-state index in [9.17, 15) is 0 Å². The first-order chi connectivity index (χ1) is 20.6. The van der Waals surface area contributed by atoms with Crippen LogP contribution in [0.3, 0.4) is 0 Å². The van der Waals surface area contributed by atoms with E-state index in [2.05, 4.69) is 112 Å². The molecule has 0 N–H and O–H groups in total. The minimum atomic E-state index is -5.07. The van der Waals surface area contributed by atoms with Crippen molar-refractivity contribution in [3.05, 3.63) is 77.7 Å². The molecule has 2 aliphatic rings. The number of benzene rings is 3. The summed E-state index contributed by atoms with van der Waals surface area (Å²) in [5.74, 6) is 1.58. The van der Waals surface area contributed by atoms with E-state index in [0.29, 0.717) is 17.9 Å². The molecule has 5 rings (SSSR count). The van der Waals surface area contributed by atoms with E-state index in [1.54, 1.807) is 0 Å². The first kappa shape index (κ1) is 34.7. The second-order valence-corrected chi connectivity index (χ2v) is 19.2. The van der Waals surface area contributed by atoms with Crippen LogP contribution in [-0.2, 0) is 17.3 Å². The Bertz CT molecular complexity index is 1590. The molecule has 0 fully saturated rings. The molecule has 10 heteroatoms. The summed E-state index contributed by atoms with van der Waals surface area (Å²) in [5.41, 5.74) is 5.66. The Morgan fingerprint density at radius 3 is 1.22 bits per heavy atom. The Balaban J connectivity index is 2.02. The Morgan fingerprint density at radius 2 is 0.911 bits per heavy atom. The van der Waals surface area contributed by atoms with Crippen molar-refractivity contribution < 1.29 is 18.1 Å². The van der Waals surface area contributed by atoms with Gasteiger partial charge in [0.05, 0.1) is 0 Å². The average molecular weight is 716 g/mol.